The molecule has 2 unspecified atom stereocenters. The van der Waals surface area contributed by atoms with Crippen molar-refractivity contribution in [3.8, 4) is 0 Å². The maximum atomic E-state index is 10.7. The summed E-state index contributed by atoms with van der Waals surface area (Å²) in [4.78, 5) is 10.7. The minimum atomic E-state index is -3.84. The van der Waals surface area contributed by atoms with E-state index in [9.17, 15) is 30.3 Å². The normalized spacial score (nSPS) is 19.0. The fourth-order valence-electron chi connectivity index (χ4n) is 1.14. The molecule has 0 aromatic heterocycles. The molecule has 0 spiro atoms. The lowest BCUT2D eigenvalue weighted by molar-refractivity contribution is -0.421. The first-order chi connectivity index (χ1) is 6.95. The van der Waals surface area contributed by atoms with E-state index >= 15 is 0 Å². The highest BCUT2D eigenvalue weighted by Crippen LogP contribution is 2.34. The number of aliphatic carboxylic acids is 1. The SMILES string of the molecule is CCC(O)(C(=O)O)C(O)(O)C(O)(O)C(C)O. The Hall–Kier alpha value is -0.770. The smallest absolute Gasteiger partial charge is 0.341 e. The average Bonchev–Trinajstić information content (AvgIpc) is 2.15. The largest absolute Gasteiger partial charge is 0.479 e. The van der Waals surface area contributed by atoms with Crippen LogP contribution < -0.4 is 0 Å². The van der Waals surface area contributed by atoms with Crippen LogP contribution in [0.2, 0.25) is 0 Å². The zero-order valence-corrected chi connectivity index (χ0v) is 8.82. The van der Waals surface area contributed by atoms with E-state index in [-0.39, 0.29) is 0 Å². The highest BCUT2D eigenvalue weighted by Gasteiger charge is 2.66. The van der Waals surface area contributed by atoms with Crippen molar-refractivity contribution in [2.24, 2.45) is 0 Å². The molecule has 0 aromatic carbocycles. The van der Waals surface area contributed by atoms with Gasteiger partial charge in [-0.05, 0) is 13.3 Å². The summed E-state index contributed by atoms with van der Waals surface area (Å²) in [6, 6.07) is 0. The minimum Gasteiger partial charge on any atom is -0.479 e. The van der Waals surface area contributed by atoms with Crippen LogP contribution in [-0.4, -0.2) is 65.0 Å². The summed E-state index contributed by atoms with van der Waals surface area (Å²) in [7, 11) is 0. The standard InChI is InChI=1S/C8H16O8/c1-3-6(12,5(10)11)8(15,16)7(13,14)4(2)9/h4,9,12-16H,3H2,1-2H3,(H,10,11). The van der Waals surface area contributed by atoms with Gasteiger partial charge < -0.3 is 35.7 Å². The number of carboxylic acids is 1. The number of aliphatic hydroxyl groups is 6. The van der Waals surface area contributed by atoms with E-state index in [0.29, 0.717) is 0 Å². The van der Waals surface area contributed by atoms with Crippen molar-refractivity contribution >= 4 is 5.97 Å². The summed E-state index contributed by atoms with van der Waals surface area (Å²) >= 11 is 0. The highest BCUT2D eigenvalue weighted by molar-refractivity contribution is 5.78. The molecule has 8 heteroatoms. The first-order valence-electron chi connectivity index (χ1n) is 4.48. The molecule has 0 bridgehead atoms. The molecule has 0 fully saturated rings. The summed E-state index contributed by atoms with van der Waals surface area (Å²) in [6.45, 7) is 1.88. The second kappa shape index (κ2) is 4.24. The van der Waals surface area contributed by atoms with Crippen LogP contribution in [0.15, 0.2) is 0 Å². The van der Waals surface area contributed by atoms with E-state index in [1.54, 1.807) is 0 Å². The Bertz CT molecular complexity index is 271. The lowest BCUT2D eigenvalue weighted by atomic mass is 9.82. The molecular formula is C8H16O8. The van der Waals surface area contributed by atoms with Gasteiger partial charge in [-0.1, -0.05) is 6.92 Å². The van der Waals surface area contributed by atoms with E-state index in [0.717, 1.165) is 13.8 Å². The summed E-state index contributed by atoms with van der Waals surface area (Å²) in [6.07, 6.45) is -2.81. The van der Waals surface area contributed by atoms with Crippen LogP contribution >= 0.6 is 0 Å². The monoisotopic (exact) mass is 240 g/mol. The molecule has 0 amide bonds. The van der Waals surface area contributed by atoms with Crippen LogP contribution in [0.3, 0.4) is 0 Å². The van der Waals surface area contributed by atoms with E-state index in [1.165, 1.54) is 0 Å². The Kier molecular flexibility index (Phi) is 4.04. The minimum absolute atomic E-state index is 0.717. The van der Waals surface area contributed by atoms with Gasteiger partial charge in [0.25, 0.3) is 5.79 Å². The van der Waals surface area contributed by atoms with Gasteiger partial charge in [0.1, 0.15) is 6.10 Å². The number of carboxylic acid groups (broad SMARTS) is 1. The lowest BCUT2D eigenvalue weighted by Crippen LogP contribution is -2.73. The second-order valence-corrected chi connectivity index (χ2v) is 3.59. The number of aliphatic hydroxyl groups excluding tert-OH is 1. The van der Waals surface area contributed by atoms with Gasteiger partial charge in [0.2, 0.25) is 11.4 Å². The van der Waals surface area contributed by atoms with E-state index in [2.05, 4.69) is 0 Å². The molecule has 0 aliphatic heterocycles. The van der Waals surface area contributed by atoms with Gasteiger partial charge in [-0.25, -0.2) is 4.79 Å². The van der Waals surface area contributed by atoms with Gasteiger partial charge >= 0.3 is 5.97 Å². The Morgan fingerprint density at radius 2 is 1.56 bits per heavy atom. The Morgan fingerprint density at radius 1 is 1.19 bits per heavy atom. The van der Waals surface area contributed by atoms with Crippen molar-refractivity contribution in [1.82, 2.24) is 0 Å². The topological polar surface area (TPSA) is 159 Å². The molecule has 16 heavy (non-hydrogen) atoms. The van der Waals surface area contributed by atoms with Gasteiger partial charge in [0.15, 0.2) is 0 Å². The van der Waals surface area contributed by atoms with E-state index < -0.39 is 35.7 Å². The van der Waals surface area contributed by atoms with Crippen LogP contribution in [-0.2, 0) is 4.79 Å². The second-order valence-electron chi connectivity index (χ2n) is 3.59. The third-order valence-corrected chi connectivity index (χ3v) is 2.54. The van der Waals surface area contributed by atoms with Crippen LogP contribution in [0.4, 0.5) is 0 Å². The fourth-order valence-corrected chi connectivity index (χ4v) is 1.14. The molecule has 0 saturated carbocycles. The average molecular weight is 240 g/mol. The molecule has 0 aliphatic rings. The first kappa shape index (κ1) is 15.2. The predicted octanol–water partition coefficient (Wildman–Crippen LogP) is -3.05. The molecule has 0 aromatic rings. The van der Waals surface area contributed by atoms with Gasteiger partial charge in [0, 0.05) is 0 Å². The van der Waals surface area contributed by atoms with Crippen molar-refractivity contribution < 1.29 is 40.5 Å². The Balaban J connectivity index is 5.57. The Morgan fingerprint density at radius 3 is 1.75 bits per heavy atom. The van der Waals surface area contributed by atoms with Crippen molar-refractivity contribution in [2.75, 3.05) is 0 Å². The summed E-state index contributed by atoms with van der Waals surface area (Å²) < 4.78 is 0. The zero-order valence-electron chi connectivity index (χ0n) is 8.82. The van der Waals surface area contributed by atoms with Gasteiger partial charge in [0.05, 0.1) is 0 Å². The van der Waals surface area contributed by atoms with Crippen LogP contribution in [0.5, 0.6) is 0 Å². The third-order valence-electron chi connectivity index (χ3n) is 2.54. The molecule has 0 saturated heterocycles. The Labute approximate surface area is 91.0 Å². The van der Waals surface area contributed by atoms with Gasteiger partial charge in [-0.3, -0.25) is 0 Å². The molecular weight excluding hydrogens is 224 g/mol. The lowest BCUT2D eigenvalue weighted by Gasteiger charge is -2.44. The fraction of sp³-hybridized carbons (Fsp3) is 0.875. The number of hydrogen-bond donors (Lipinski definition) is 7. The number of rotatable bonds is 5. The van der Waals surface area contributed by atoms with Crippen LogP contribution in [0.25, 0.3) is 0 Å². The van der Waals surface area contributed by atoms with Crippen molar-refractivity contribution in [3.63, 3.8) is 0 Å². The summed E-state index contributed by atoms with van der Waals surface area (Å²) in [5, 5.41) is 64.2. The molecule has 7 N–H and O–H groups in total. The molecule has 0 rings (SSSR count). The quantitative estimate of drug-likeness (QED) is 0.250. The maximum absolute atomic E-state index is 10.7. The molecule has 0 aliphatic carbocycles. The van der Waals surface area contributed by atoms with Crippen LogP contribution in [0.1, 0.15) is 20.3 Å². The van der Waals surface area contributed by atoms with Crippen molar-refractivity contribution in [3.05, 3.63) is 0 Å². The van der Waals surface area contributed by atoms with E-state index in [4.69, 9.17) is 10.2 Å². The third kappa shape index (κ3) is 1.90. The van der Waals surface area contributed by atoms with Crippen molar-refractivity contribution in [1.29, 1.82) is 0 Å². The summed E-state index contributed by atoms with van der Waals surface area (Å²) in [5.74, 6) is -9.50. The van der Waals surface area contributed by atoms with E-state index in [1.807, 2.05) is 0 Å². The summed E-state index contributed by atoms with van der Waals surface area (Å²) in [5.41, 5.74) is -3.23. The van der Waals surface area contributed by atoms with Crippen LogP contribution in [0, 0.1) is 0 Å². The number of carbonyl (C=O) groups is 1. The molecule has 96 valence electrons. The molecule has 0 heterocycles. The molecule has 8 nitrogen and oxygen atoms in total. The van der Waals surface area contributed by atoms with Gasteiger partial charge in [-0.15, -0.1) is 0 Å². The molecule has 2 atom stereocenters. The maximum Gasteiger partial charge on any atom is 0.341 e. The highest BCUT2D eigenvalue weighted by atomic mass is 16.6. The van der Waals surface area contributed by atoms with Gasteiger partial charge in [-0.2, -0.15) is 0 Å². The first-order valence-corrected chi connectivity index (χ1v) is 4.48. The molecule has 0 radical (unpaired) electrons. The number of hydrogen-bond acceptors (Lipinski definition) is 7. The predicted molar refractivity (Wildman–Crippen MR) is 48.9 cm³/mol. The zero-order chi connectivity index (χ0) is 13.4. The van der Waals surface area contributed by atoms with Crippen molar-refractivity contribution in [2.45, 2.75) is 43.5 Å².